The van der Waals surface area contributed by atoms with Gasteiger partial charge in [0.25, 0.3) is 0 Å². The van der Waals surface area contributed by atoms with Crippen molar-refractivity contribution in [2.24, 2.45) is 0 Å². The van der Waals surface area contributed by atoms with Crippen LogP contribution in [-0.2, 0) is 5.60 Å². The Hall–Kier alpha value is -3.47. The van der Waals surface area contributed by atoms with Gasteiger partial charge in [-0.05, 0) is 60.5 Å². The Morgan fingerprint density at radius 1 is 1.03 bits per heavy atom. The van der Waals surface area contributed by atoms with Gasteiger partial charge in [-0.25, -0.2) is 4.98 Å². The van der Waals surface area contributed by atoms with Crippen LogP contribution in [0.3, 0.4) is 0 Å². The van der Waals surface area contributed by atoms with E-state index in [4.69, 9.17) is 10.2 Å². The molecular formula is C29H28BrN5O. The largest absolute Gasteiger partial charge is 0.386 e. The summed E-state index contributed by atoms with van der Waals surface area (Å²) in [4.78, 5) is 14.2. The van der Waals surface area contributed by atoms with Crippen LogP contribution in [0.25, 0.3) is 22.0 Å². The number of piperazine rings is 1. The van der Waals surface area contributed by atoms with E-state index in [9.17, 15) is 5.11 Å². The molecule has 0 spiro atoms. The Labute approximate surface area is 220 Å². The second kappa shape index (κ2) is 9.53. The van der Waals surface area contributed by atoms with Gasteiger partial charge in [0, 0.05) is 48.4 Å². The van der Waals surface area contributed by atoms with Crippen molar-refractivity contribution in [1.29, 1.82) is 5.26 Å². The zero-order valence-electron chi connectivity index (χ0n) is 20.6. The Morgan fingerprint density at radius 3 is 2.44 bits per heavy atom. The molecule has 0 saturated carbocycles. The summed E-state index contributed by atoms with van der Waals surface area (Å²) >= 11 is 3.88. The van der Waals surface area contributed by atoms with Gasteiger partial charge in [0.15, 0.2) is 0 Å². The molecule has 3 heterocycles. The number of nitriles is 1. The van der Waals surface area contributed by atoms with Crippen LogP contribution in [0.15, 0.2) is 71.5 Å². The lowest BCUT2D eigenvalue weighted by atomic mass is 10.0. The lowest BCUT2D eigenvalue weighted by Gasteiger charge is -2.42. The summed E-state index contributed by atoms with van der Waals surface area (Å²) < 4.78 is 1.04. The van der Waals surface area contributed by atoms with E-state index in [1.54, 1.807) is 20.0 Å². The molecule has 36 heavy (non-hydrogen) atoms. The normalized spacial score (nSPS) is 16.3. The summed E-state index contributed by atoms with van der Waals surface area (Å²) in [5.74, 6) is 0.929. The smallest absolute Gasteiger partial charge is 0.128 e. The Kier molecular flexibility index (Phi) is 6.42. The fourth-order valence-corrected chi connectivity index (χ4v) is 5.47. The van der Waals surface area contributed by atoms with E-state index < -0.39 is 5.60 Å². The number of rotatable bonds is 4. The molecule has 0 aliphatic carbocycles. The van der Waals surface area contributed by atoms with E-state index in [-0.39, 0.29) is 6.04 Å². The highest BCUT2D eigenvalue weighted by molar-refractivity contribution is 9.10. The van der Waals surface area contributed by atoms with Crippen molar-refractivity contribution in [3.8, 4) is 17.2 Å². The summed E-state index contributed by atoms with van der Waals surface area (Å²) in [5.41, 5.74) is 4.65. The first kappa shape index (κ1) is 24.2. The van der Waals surface area contributed by atoms with E-state index >= 15 is 0 Å². The first-order chi connectivity index (χ1) is 17.3. The van der Waals surface area contributed by atoms with Crippen LogP contribution < -0.4 is 9.80 Å². The average molecular weight is 542 g/mol. The summed E-state index contributed by atoms with van der Waals surface area (Å²) in [6.45, 7) is 8.28. The summed E-state index contributed by atoms with van der Waals surface area (Å²) in [7, 11) is 0. The number of aromatic nitrogens is 2. The van der Waals surface area contributed by atoms with E-state index in [1.807, 2.05) is 42.6 Å². The van der Waals surface area contributed by atoms with Crippen molar-refractivity contribution in [3.63, 3.8) is 0 Å². The first-order valence-corrected chi connectivity index (χ1v) is 12.8. The molecule has 0 bridgehead atoms. The minimum absolute atomic E-state index is 0.256. The molecule has 6 nitrogen and oxygen atoms in total. The Morgan fingerprint density at radius 2 is 1.81 bits per heavy atom. The Balaban J connectivity index is 1.40. The number of benzene rings is 2. The van der Waals surface area contributed by atoms with Gasteiger partial charge < -0.3 is 14.9 Å². The fourth-order valence-electron chi connectivity index (χ4n) is 4.79. The molecule has 5 rings (SSSR count). The number of hydrogen-bond acceptors (Lipinski definition) is 6. The van der Waals surface area contributed by atoms with Crippen LogP contribution in [0.4, 0.5) is 11.5 Å². The summed E-state index contributed by atoms with van der Waals surface area (Å²) in [5, 5.41) is 20.4. The summed E-state index contributed by atoms with van der Waals surface area (Å²) in [6.07, 6.45) is 3.72. The van der Waals surface area contributed by atoms with Gasteiger partial charge in [0.05, 0.1) is 39.1 Å². The average Bonchev–Trinajstić information content (AvgIpc) is 2.88. The number of hydrogen-bond donors (Lipinski definition) is 1. The van der Waals surface area contributed by atoms with Crippen LogP contribution in [0.1, 0.15) is 31.9 Å². The third-order valence-electron chi connectivity index (χ3n) is 6.86. The molecule has 182 valence electrons. The van der Waals surface area contributed by atoms with Crippen LogP contribution in [0.2, 0.25) is 0 Å². The van der Waals surface area contributed by atoms with E-state index in [2.05, 4.69) is 61.9 Å². The number of anilines is 2. The predicted molar refractivity (Wildman–Crippen MR) is 148 cm³/mol. The van der Waals surface area contributed by atoms with Gasteiger partial charge >= 0.3 is 0 Å². The molecule has 7 heteroatoms. The minimum atomic E-state index is -0.898. The summed E-state index contributed by atoms with van der Waals surface area (Å²) in [6, 6.07) is 20.2. The molecule has 2 aromatic carbocycles. The standard InChI is InChI=1S/C29H28BrN5O/c1-19-18-34(13-14-35(19)26-12-11-22(16-32-26)29(2,3)36)25-17-33-28-23(5-4-6-24(28)27(25)30)21-9-7-20(15-31)8-10-21/h4-12,16-17,19,36H,13-14,18H2,1-3H3. The molecule has 1 aliphatic heterocycles. The van der Waals surface area contributed by atoms with E-state index in [0.717, 1.165) is 63.2 Å². The third-order valence-corrected chi connectivity index (χ3v) is 7.69. The maximum absolute atomic E-state index is 10.2. The number of aliphatic hydroxyl groups is 1. The van der Waals surface area contributed by atoms with Gasteiger partial charge in [-0.2, -0.15) is 5.26 Å². The van der Waals surface area contributed by atoms with Gasteiger partial charge in [-0.15, -0.1) is 0 Å². The van der Waals surface area contributed by atoms with Crippen molar-refractivity contribution in [3.05, 3.63) is 82.6 Å². The second-order valence-electron chi connectivity index (χ2n) is 9.80. The minimum Gasteiger partial charge on any atom is -0.386 e. The number of pyridine rings is 2. The number of fused-ring (bicyclic) bond motifs is 1. The van der Waals surface area contributed by atoms with Gasteiger partial charge in [-0.3, -0.25) is 4.98 Å². The SMILES string of the molecule is CC1CN(c2cnc3c(-c4ccc(C#N)cc4)cccc3c2Br)CCN1c1ccc(C(C)(C)O)cn1. The second-order valence-corrected chi connectivity index (χ2v) is 10.6. The van der Waals surface area contributed by atoms with Gasteiger partial charge in [0.1, 0.15) is 5.82 Å². The molecule has 1 unspecified atom stereocenters. The molecule has 2 aromatic heterocycles. The first-order valence-electron chi connectivity index (χ1n) is 12.0. The van der Waals surface area contributed by atoms with Crippen LogP contribution in [-0.4, -0.2) is 40.8 Å². The maximum Gasteiger partial charge on any atom is 0.128 e. The molecule has 4 aromatic rings. The monoisotopic (exact) mass is 541 g/mol. The molecule has 1 N–H and O–H groups in total. The maximum atomic E-state index is 10.2. The lowest BCUT2D eigenvalue weighted by molar-refractivity contribution is 0.0782. The van der Waals surface area contributed by atoms with E-state index in [0.29, 0.717) is 5.56 Å². The topological polar surface area (TPSA) is 76.3 Å². The van der Waals surface area contributed by atoms with Gasteiger partial charge in [0.2, 0.25) is 0 Å². The molecule has 0 radical (unpaired) electrons. The van der Waals surface area contributed by atoms with Crippen molar-refractivity contribution in [2.45, 2.75) is 32.4 Å². The fraction of sp³-hybridized carbons (Fsp3) is 0.276. The molecule has 1 aliphatic rings. The zero-order valence-corrected chi connectivity index (χ0v) is 22.2. The van der Waals surface area contributed by atoms with Crippen LogP contribution in [0.5, 0.6) is 0 Å². The van der Waals surface area contributed by atoms with Crippen LogP contribution in [0, 0.1) is 11.3 Å². The lowest BCUT2D eigenvalue weighted by Crippen LogP contribution is -2.52. The zero-order chi connectivity index (χ0) is 25.4. The Bertz CT molecular complexity index is 1440. The highest BCUT2D eigenvalue weighted by Gasteiger charge is 2.27. The highest BCUT2D eigenvalue weighted by Crippen LogP contribution is 2.37. The van der Waals surface area contributed by atoms with Gasteiger partial charge in [-0.1, -0.05) is 36.4 Å². The number of para-hydroxylation sites is 1. The molecule has 1 atom stereocenters. The molecule has 0 amide bonds. The van der Waals surface area contributed by atoms with Crippen molar-refractivity contribution in [2.75, 3.05) is 29.4 Å². The third kappa shape index (κ3) is 4.55. The number of nitrogens with zero attached hydrogens (tertiary/aromatic N) is 5. The molecule has 1 fully saturated rings. The van der Waals surface area contributed by atoms with E-state index in [1.165, 1.54) is 0 Å². The molecular weight excluding hydrogens is 514 g/mol. The quantitative estimate of drug-likeness (QED) is 0.348. The van der Waals surface area contributed by atoms with Crippen molar-refractivity contribution >= 4 is 38.3 Å². The highest BCUT2D eigenvalue weighted by atomic mass is 79.9. The van der Waals surface area contributed by atoms with Crippen molar-refractivity contribution < 1.29 is 5.11 Å². The predicted octanol–water partition coefficient (Wildman–Crippen LogP) is 5.87. The van der Waals surface area contributed by atoms with Crippen LogP contribution >= 0.6 is 15.9 Å². The van der Waals surface area contributed by atoms with Crippen molar-refractivity contribution in [1.82, 2.24) is 9.97 Å². The number of halogens is 1. The molecule has 1 saturated heterocycles.